The maximum absolute atomic E-state index is 2.81. The first-order valence-corrected chi connectivity index (χ1v) is 25.3. The van der Waals surface area contributed by atoms with E-state index in [1.807, 2.05) is 0 Å². The highest BCUT2D eigenvalue weighted by Crippen LogP contribution is 2.59. The van der Waals surface area contributed by atoms with E-state index in [9.17, 15) is 0 Å². The van der Waals surface area contributed by atoms with E-state index in [0.717, 1.165) is 99.9 Å². The van der Waals surface area contributed by atoms with Crippen molar-refractivity contribution >= 4 is 11.8 Å². The number of thioether (sulfide) groups is 1. The molecule has 0 nitrogen and oxygen atoms in total. The molecule has 0 N–H and O–H groups in total. The molecule has 1 aliphatic heterocycles. The molecule has 7 saturated carbocycles. The standard InChI is InChI=1S/C49H84S/c1-4-34(25-26-35-19-13-23-45-42-20-11-9-17-39(42)31-46(35)45)33(3)41(5-2)48(37-15-7-6-8-16-37)38-29-27-36(28-30-38)43-22-14-24-47-49(43)44-21-12-10-18-40(44)32-50-47/h33-49H,4-32H2,1-3H3. The lowest BCUT2D eigenvalue weighted by atomic mass is 9.56. The van der Waals surface area contributed by atoms with Crippen molar-refractivity contribution in [3.05, 3.63) is 0 Å². The van der Waals surface area contributed by atoms with Crippen LogP contribution in [0.2, 0.25) is 0 Å². The van der Waals surface area contributed by atoms with Crippen molar-refractivity contribution in [1.29, 1.82) is 0 Å². The van der Waals surface area contributed by atoms with Crippen molar-refractivity contribution in [1.82, 2.24) is 0 Å². The summed E-state index contributed by atoms with van der Waals surface area (Å²) in [6.07, 6.45) is 43.9. The molecule has 1 heterocycles. The highest BCUT2D eigenvalue weighted by molar-refractivity contribution is 8.00. The average molecular weight is 705 g/mol. The fourth-order valence-electron chi connectivity index (χ4n) is 17.0. The summed E-state index contributed by atoms with van der Waals surface area (Å²) >= 11 is 2.46. The van der Waals surface area contributed by atoms with Crippen LogP contribution >= 0.6 is 11.8 Å². The summed E-state index contributed by atoms with van der Waals surface area (Å²) in [7, 11) is 0. The van der Waals surface area contributed by atoms with Crippen molar-refractivity contribution in [2.75, 3.05) is 5.75 Å². The van der Waals surface area contributed by atoms with Gasteiger partial charge in [0, 0.05) is 5.25 Å². The Kier molecular flexibility index (Phi) is 13.0. The molecular weight excluding hydrogens is 621 g/mol. The van der Waals surface area contributed by atoms with Gasteiger partial charge in [-0.15, -0.1) is 0 Å². The molecule has 0 radical (unpaired) electrons. The summed E-state index contributed by atoms with van der Waals surface area (Å²) in [4.78, 5) is 0. The van der Waals surface area contributed by atoms with Gasteiger partial charge in [-0.1, -0.05) is 117 Å². The zero-order valence-corrected chi connectivity index (χ0v) is 34.5. The molecule has 14 unspecified atom stereocenters. The number of hydrogen-bond donors (Lipinski definition) is 0. The van der Waals surface area contributed by atoms with Gasteiger partial charge < -0.3 is 0 Å². The summed E-state index contributed by atoms with van der Waals surface area (Å²) in [5.74, 6) is 18.6. The third-order valence-corrected chi connectivity index (χ3v) is 20.9. The third-order valence-electron chi connectivity index (χ3n) is 19.3. The summed E-state index contributed by atoms with van der Waals surface area (Å²) in [5, 5.41) is 1.04. The van der Waals surface area contributed by atoms with Crippen molar-refractivity contribution in [2.45, 2.75) is 206 Å². The Hall–Kier alpha value is 0.350. The predicted molar refractivity (Wildman–Crippen MR) is 218 cm³/mol. The number of fused-ring (bicyclic) bond motifs is 6. The molecular formula is C49H84S. The van der Waals surface area contributed by atoms with Crippen LogP contribution < -0.4 is 0 Å². The van der Waals surface area contributed by atoms with E-state index < -0.39 is 0 Å². The molecule has 0 amide bonds. The second kappa shape index (κ2) is 17.4. The highest BCUT2D eigenvalue weighted by Gasteiger charge is 2.50. The quantitative estimate of drug-likeness (QED) is 0.206. The van der Waals surface area contributed by atoms with Crippen molar-refractivity contribution in [3.8, 4) is 0 Å². The molecule has 8 fully saturated rings. The van der Waals surface area contributed by atoms with Crippen LogP contribution in [0, 0.1) is 94.7 Å². The van der Waals surface area contributed by atoms with Crippen molar-refractivity contribution in [2.24, 2.45) is 94.7 Å². The first-order chi connectivity index (χ1) is 24.6. The van der Waals surface area contributed by atoms with E-state index in [4.69, 9.17) is 0 Å². The van der Waals surface area contributed by atoms with Gasteiger partial charge in [-0.05, 0) is 184 Å². The van der Waals surface area contributed by atoms with Gasteiger partial charge in [-0.3, -0.25) is 0 Å². The van der Waals surface area contributed by atoms with E-state index in [0.29, 0.717) is 0 Å². The minimum absolute atomic E-state index is 0.932. The largest absolute Gasteiger partial charge is 0.158 e. The normalized spacial score (nSPS) is 44.9. The third kappa shape index (κ3) is 7.74. The molecule has 8 aliphatic rings. The van der Waals surface area contributed by atoms with Crippen LogP contribution in [0.25, 0.3) is 0 Å². The number of hydrogen-bond acceptors (Lipinski definition) is 1. The second-order valence-electron chi connectivity index (χ2n) is 21.0. The summed E-state index contributed by atoms with van der Waals surface area (Å²) in [5.41, 5.74) is 0. The van der Waals surface area contributed by atoms with Crippen molar-refractivity contribution in [3.63, 3.8) is 0 Å². The van der Waals surface area contributed by atoms with Gasteiger partial charge in [-0.25, -0.2) is 0 Å². The zero-order valence-electron chi connectivity index (χ0n) is 33.7. The molecule has 0 aromatic rings. The summed E-state index contributed by atoms with van der Waals surface area (Å²) in [6, 6.07) is 0. The molecule has 7 aliphatic carbocycles. The summed E-state index contributed by atoms with van der Waals surface area (Å²) < 4.78 is 0. The van der Waals surface area contributed by atoms with Gasteiger partial charge in [-0.2, -0.15) is 11.8 Å². The smallest absolute Gasteiger partial charge is 0.00809 e. The van der Waals surface area contributed by atoms with E-state index in [1.165, 1.54) is 44.3 Å². The second-order valence-corrected chi connectivity index (χ2v) is 22.3. The molecule has 0 aromatic carbocycles. The van der Waals surface area contributed by atoms with Gasteiger partial charge >= 0.3 is 0 Å². The minimum atomic E-state index is 0.932. The van der Waals surface area contributed by atoms with Gasteiger partial charge in [0.15, 0.2) is 0 Å². The summed E-state index contributed by atoms with van der Waals surface area (Å²) in [6.45, 7) is 8.05. The highest BCUT2D eigenvalue weighted by atomic mass is 32.2. The Balaban J connectivity index is 0.925. The lowest BCUT2D eigenvalue weighted by Gasteiger charge is -2.54. The zero-order chi connectivity index (χ0) is 34.0. The lowest BCUT2D eigenvalue weighted by Crippen LogP contribution is -2.47. The molecule has 0 bridgehead atoms. The van der Waals surface area contributed by atoms with Crippen molar-refractivity contribution < 1.29 is 0 Å². The predicted octanol–water partition coefficient (Wildman–Crippen LogP) is 15.0. The van der Waals surface area contributed by atoms with Gasteiger partial charge in [0.05, 0.1) is 0 Å². The lowest BCUT2D eigenvalue weighted by molar-refractivity contribution is 0.00323. The maximum Gasteiger partial charge on any atom is 0.00809 e. The average Bonchev–Trinajstić information content (AvgIpc) is 3.57. The molecule has 1 saturated heterocycles. The van der Waals surface area contributed by atoms with E-state index in [-0.39, 0.29) is 0 Å². The van der Waals surface area contributed by atoms with Crippen LogP contribution in [-0.2, 0) is 0 Å². The molecule has 0 spiro atoms. The monoisotopic (exact) mass is 705 g/mol. The molecule has 286 valence electrons. The van der Waals surface area contributed by atoms with Crippen LogP contribution in [0.15, 0.2) is 0 Å². The van der Waals surface area contributed by atoms with Crippen LogP contribution in [0.3, 0.4) is 0 Å². The van der Waals surface area contributed by atoms with Crippen LogP contribution in [-0.4, -0.2) is 11.0 Å². The van der Waals surface area contributed by atoms with E-state index >= 15 is 0 Å². The first-order valence-electron chi connectivity index (χ1n) is 24.3. The van der Waals surface area contributed by atoms with E-state index in [1.54, 1.807) is 141 Å². The van der Waals surface area contributed by atoms with E-state index in [2.05, 4.69) is 32.5 Å². The Morgan fingerprint density at radius 2 is 1.16 bits per heavy atom. The Bertz CT molecular complexity index is 1020. The van der Waals surface area contributed by atoms with Gasteiger partial charge in [0.1, 0.15) is 0 Å². The van der Waals surface area contributed by atoms with Crippen LogP contribution in [0.1, 0.15) is 201 Å². The Morgan fingerprint density at radius 1 is 0.520 bits per heavy atom. The maximum atomic E-state index is 2.81. The molecule has 1 heteroatoms. The fourth-order valence-corrected chi connectivity index (χ4v) is 18.9. The number of rotatable bonds is 11. The molecule has 50 heavy (non-hydrogen) atoms. The van der Waals surface area contributed by atoms with Gasteiger partial charge in [0.2, 0.25) is 0 Å². The minimum Gasteiger partial charge on any atom is -0.158 e. The Labute approximate surface area is 316 Å². The molecule has 8 rings (SSSR count). The fraction of sp³-hybridized carbons (Fsp3) is 1.00. The Morgan fingerprint density at radius 3 is 1.94 bits per heavy atom. The first kappa shape index (κ1) is 37.3. The SMILES string of the molecule is CCC(CCC1CCCC2C3CCCCC3CC12)C(C)C(CC)C(C1CCCCC1)C1CCC(C2CCCC3SCC4CCCCC4C32)CC1. The molecule has 14 atom stereocenters. The van der Waals surface area contributed by atoms with Gasteiger partial charge in [0.25, 0.3) is 0 Å². The van der Waals surface area contributed by atoms with Crippen LogP contribution in [0.5, 0.6) is 0 Å². The van der Waals surface area contributed by atoms with Crippen LogP contribution in [0.4, 0.5) is 0 Å². The topological polar surface area (TPSA) is 0 Å². The molecule has 0 aromatic heterocycles.